The Morgan fingerprint density at radius 2 is 2.07 bits per heavy atom. The maximum atomic E-state index is 12.7. The van der Waals surface area contributed by atoms with Crippen LogP contribution in [0.15, 0.2) is 36.1 Å². The molecule has 2 N–H and O–H groups in total. The first-order chi connectivity index (χ1) is 13.1. The van der Waals surface area contributed by atoms with E-state index in [0.717, 1.165) is 24.8 Å². The highest BCUT2D eigenvalue weighted by Gasteiger charge is 2.38. The lowest BCUT2D eigenvalue weighted by Crippen LogP contribution is -2.43. The molecule has 1 heterocycles. The van der Waals surface area contributed by atoms with Gasteiger partial charge in [0.25, 0.3) is 5.91 Å². The summed E-state index contributed by atoms with van der Waals surface area (Å²) in [7, 11) is 0. The van der Waals surface area contributed by atoms with Crippen LogP contribution >= 0.6 is 22.6 Å². The molecule has 148 valence electrons. The molecule has 0 bridgehead atoms. The van der Waals surface area contributed by atoms with Gasteiger partial charge in [-0.15, -0.1) is 0 Å². The van der Waals surface area contributed by atoms with E-state index >= 15 is 0 Å². The molecule has 0 spiro atoms. The second kappa shape index (κ2) is 9.89. The lowest BCUT2D eigenvalue weighted by atomic mass is 9.80. The van der Waals surface area contributed by atoms with Gasteiger partial charge in [0, 0.05) is 34.7 Å². The SMILES string of the molecule is CCO[C@H]1OC(C(=O)NC2CCC2)=C[C@@H](c2ccc(I)cc2)[C@H]1CCCO. The fourth-order valence-electron chi connectivity index (χ4n) is 3.64. The Kier molecular flexibility index (Phi) is 7.55. The summed E-state index contributed by atoms with van der Waals surface area (Å²) in [4.78, 5) is 12.7. The van der Waals surface area contributed by atoms with E-state index < -0.39 is 6.29 Å². The van der Waals surface area contributed by atoms with E-state index in [1.54, 1.807) is 0 Å². The van der Waals surface area contributed by atoms with Crippen molar-refractivity contribution in [2.75, 3.05) is 13.2 Å². The summed E-state index contributed by atoms with van der Waals surface area (Å²) in [5.41, 5.74) is 1.14. The first kappa shape index (κ1) is 20.6. The van der Waals surface area contributed by atoms with E-state index in [1.165, 1.54) is 9.99 Å². The van der Waals surface area contributed by atoms with Crippen molar-refractivity contribution < 1.29 is 19.4 Å². The normalized spacial score (nSPS) is 25.3. The minimum absolute atomic E-state index is 0.0148. The summed E-state index contributed by atoms with van der Waals surface area (Å²) in [5.74, 6) is 0.267. The molecule has 0 saturated heterocycles. The minimum atomic E-state index is -0.488. The van der Waals surface area contributed by atoms with Crippen LogP contribution in [0.4, 0.5) is 0 Å². The van der Waals surface area contributed by atoms with Crippen LogP contribution in [-0.4, -0.2) is 36.6 Å². The van der Waals surface area contributed by atoms with Crippen molar-refractivity contribution in [2.24, 2.45) is 5.92 Å². The van der Waals surface area contributed by atoms with Crippen LogP contribution in [-0.2, 0) is 14.3 Å². The Morgan fingerprint density at radius 3 is 2.67 bits per heavy atom. The highest BCUT2D eigenvalue weighted by molar-refractivity contribution is 14.1. The van der Waals surface area contributed by atoms with Crippen molar-refractivity contribution >= 4 is 28.5 Å². The first-order valence-corrected chi connectivity index (χ1v) is 10.9. The molecule has 0 unspecified atom stereocenters. The lowest BCUT2D eigenvalue weighted by Gasteiger charge is -2.37. The molecule has 1 aliphatic heterocycles. The number of amides is 1. The van der Waals surface area contributed by atoms with E-state index in [4.69, 9.17) is 9.47 Å². The molecule has 27 heavy (non-hydrogen) atoms. The average Bonchev–Trinajstić information content (AvgIpc) is 2.64. The number of hydrogen-bond acceptors (Lipinski definition) is 4. The smallest absolute Gasteiger partial charge is 0.286 e. The molecule has 0 aromatic heterocycles. The molecule has 6 heteroatoms. The zero-order valence-electron chi connectivity index (χ0n) is 15.7. The Balaban J connectivity index is 1.88. The van der Waals surface area contributed by atoms with E-state index in [-0.39, 0.29) is 30.4 Å². The summed E-state index contributed by atoms with van der Waals surface area (Å²) < 4.78 is 13.0. The zero-order valence-corrected chi connectivity index (χ0v) is 17.9. The van der Waals surface area contributed by atoms with Crippen LogP contribution in [0, 0.1) is 9.49 Å². The van der Waals surface area contributed by atoms with Crippen molar-refractivity contribution in [1.29, 1.82) is 0 Å². The van der Waals surface area contributed by atoms with Gasteiger partial charge in [0.15, 0.2) is 5.76 Å². The van der Waals surface area contributed by atoms with Crippen molar-refractivity contribution in [1.82, 2.24) is 5.32 Å². The van der Waals surface area contributed by atoms with Crippen molar-refractivity contribution in [3.05, 3.63) is 45.2 Å². The number of aliphatic hydroxyl groups is 1. The molecule has 1 aromatic rings. The number of nitrogens with one attached hydrogen (secondary N) is 1. The van der Waals surface area contributed by atoms with Gasteiger partial charge in [-0.05, 0) is 85.4 Å². The Bertz CT molecular complexity index is 657. The van der Waals surface area contributed by atoms with Gasteiger partial charge in [0.1, 0.15) is 0 Å². The highest BCUT2D eigenvalue weighted by Crippen LogP contribution is 2.39. The molecule has 3 atom stereocenters. The molecule has 1 fully saturated rings. The Morgan fingerprint density at radius 1 is 1.33 bits per heavy atom. The Labute approximate surface area is 174 Å². The number of halogens is 1. The summed E-state index contributed by atoms with van der Waals surface area (Å²) in [5, 5.41) is 12.4. The summed E-state index contributed by atoms with van der Waals surface area (Å²) in [6.45, 7) is 2.57. The van der Waals surface area contributed by atoms with Crippen LogP contribution in [0.25, 0.3) is 0 Å². The van der Waals surface area contributed by atoms with E-state index in [1.807, 2.05) is 13.0 Å². The van der Waals surface area contributed by atoms with Gasteiger partial charge < -0.3 is 19.9 Å². The number of allylic oxidation sites excluding steroid dienone is 1. The summed E-state index contributed by atoms with van der Waals surface area (Å²) >= 11 is 2.29. The second-order valence-electron chi connectivity index (χ2n) is 7.18. The predicted molar refractivity (Wildman–Crippen MR) is 112 cm³/mol. The molecule has 1 aromatic carbocycles. The monoisotopic (exact) mass is 485 g/mol. The van der Waals surface area contributed by atoms with Crippen LogP contribution < -0.4 is 5.32 Å². The summed E-state index contributed by atoms with van der Waals surface area (Å²) in [6.07, 6.45) is 6.13. The largest absolute Gasteiger partial charge is 0.459 e. The number of ether oxygens (including phenoxy) is 2. The number of benzene rings is 1. The van der Waals surface area contributed by atoms with Crippen molar-refractivity contribution in [3.8, 4) is 0 Å². The molecule has 0 radical (unpaired) electrons. The second-order valence-corrected chi connectivity index (χ2v) is 8.43. The lowest BCUT2D eigenvalue weighted by molar-refractivity contribution is -0.167. The first-order valence-electron chi connectivity index (χ1n) is 9.79. The third-order valence-corrected chi connectivity index (χ3v) is 6.05. The van der Waals surface area contributed by atoms with Crippen molar-refractivity contribution in [2.45, 2.75) is 57.3 Å². The molecular formula is C21H28INO4. The zero-order chi connectivity index (χ0) is 19.2. The molecule has 1 aliphatic carbocycles. The third-order valence-electron chi connectivity index (χ3n) is 5.33. The standard InChI is InChI=1S/C21H28INO4/c1-2-26-21-17(7-4-12-24)18(14-8-10-15(22)11-9-14)13-19(27-21)20(25)23-16-5-3-6-16/h8-11,13,16-18,21,24H,2-7,12H2,1H3,(H,23,25)/t17-,18+,21+/m1/s1. The van der Waals surface area contributed by atoms with Gasteiger partial charge in [-0.3, -0.25) is 4.79 Å². The van der Waals surface area contributed by atoms with Gasteiger partial charge in [0.2, 0.25) is 6.29 Å². The predicted octanol–water partition coefficient (Wildman–Crippen LogP) is 3.71. The number of rotatable bonds is 8. The molecule has 3 rings (SSSR count). The van der Waals surface area contributed by atoms with Crippen LogP contribution in [0.5, 0.6) is 0 Å². The molecule has 5 nitrogen and oxygen atoms in total. The number of carbonyl (C=O) groups is 1. The molecule has 1 saturated carbocycles. The van der Waals surface area contributed by atoms with E-state index in [0.29, 0.717) is 18.8 Å². The maximum absolute atomic E-state index is 12.7. The van der Waals surface area contributed by atoms with Crippen LogP contribution in [0.2, 0.25) is 0 Å². The fraction of sp³-hybridized carbons (Fsp3) is 0.571. The van der Waals surface area contributed by atoms with Gasteiger partial charge in [-0.2, -0.15) is 0 Å². The molecular weight excluding hydrogens is 457 g/mol. The number of aliphatic hydroxyl groups excluding tert-OH is 1. The van der Waals surface area contributed by atoms with E-state index in [9.17, 15) is 9.90 Å². The average molecular weight is 485 g/mol. The maximum Gasteiger partial charge on any atom is 0.286 e. The van der Waals surface area contributed by atoms with Gasteiger partial charge >= 0.3 is 0 Å². The molecule has 2 aliphatic rings. The quantitative estimate of drug-likeness (QED) is 0.552. The van der Waals surface area contributed by atoms with Gasteiger partial charge in [0.05, 0.1) is 0 Å². The highest BCUT2D eigenvalue weighted by atomic mass is 127. The van der Waals surface area contributed by atoms with Gasteiger partial charge in [-0.1, -0.05) is 12.1 Å². The van der Waals surface area contributed by atoms with Crippen LogP contribution in [0.1, 0.15) is 50.5 Å². The minimum Gasteiger partial charge on any atom is -0.459 e. The van der Waals surface area contributed by atoms with Crippen LogP contribution in [0.3, 0.4) is 0 Å². The summed E-state index contributed by atoms with van der Waals surface area (Å²) in [6, 6.07) is 8.62. The van der Waals surface area contributed by atoms with E-state index in [2.05, 4.69) is 52.2 Å². The Hall–Kier alpha value is -1.12. The number of hydrogen-bond donors (Lipinski definition) is 2. The topological polar surface area (TPSA) is 67.8 Å². The number of carbonyl (C=O) groups excluding carboxylic acids is 1. The molecule has 1 amide bonds. The van der Waals surface area contributed by atoms with Crippen molar-refractivity contribution in [3.63, 3.8) is 0 Å². The third kappa shape index (κ3) is 5.23. The fourth-order valence-corrected chi connectivity index (χ4v) is 4.00. The van der Waals surface area contributed by atoms with Gasteiger partial charge in [-0.25, -0.2) is 0 Å².